The molecule has 0 radical (unpaired) electrons. The van der Waals surface area contributed by atoms with Crippen molar-refractivity contribution in [2.45, 2.75) is 26.6 Å². The number of thiophene rings is 1. The van der Waals surface area contributed by atoms with Crippen LogP contribution in [0.5, 0.6) is 0 Å². The number of benzene rings is 1. The van der Waals surface area contributed by atoms with Gasteiger partial charge in [-0.05, 0) is 49.1 Å². The molecular formula is C19H16F3N3O2S. The van der Waals surface area contributed by atoms with Gasteiger partial charge < -0.3 is 5.32 Å². The predicted molar refractivity (Wildman–Crippen MR) is 99.8 cm³/mol. The third-order valence-corrected chi connectivity index (χ3v) is 5.14. The van der Waals surface area contributed by atoms with Gasteiger partial charge in [0.25, 0.3) is 5.91 Å². The van der Waals surface area contributed by atoms with Crippen LogP contribution in [0.4, 0.5) is 13.2 Å². The molecule has 0 saturated heterocycles. The van der Waals surface area contributed by atoms with E-state index in [1.165, 1.54) is 36.5 Å². The summed E-state index contributed by atoms with van der Waals surface area (Å²) in [5, 5.41) is 8.54. The quantitative estimate of drug-likeness (QED) is 0.714. The Bertz CT molecular complexity index is 1090. The number of halogens is 3. The van der Waals surface area contributed by atoms with Crippen LogP contribution in [0.15, 0.2) is 46.6 Å². The standard InChI is InChI=1S/C19H16F3N3O2S/c1-11-6-7-28-16(11)10-23-18(27)17-15(26)8-12(2)25(24-17)14-5-3-4-13(9-14)19(20,21)22/h3-9H,10H2,1-2H3,(H,23,27). The first-order valence-electron chi connectivity index (χ1n) is 8.26. The molecular weight excluding hydrogens is 391 g/mol. The van der Waals surface area contributed by atoms with Crippen molar-refractivity contribution in [2.24, 2.45) is 0 Å². The number of nitrogens with one attached hydrogen (secondary N) is 1. The van der Waals surface area contributed by atoms with Crippen molar-refractivity contribution >= 4 is 17.2 Å². The lowest BCUT2D eigenvalue weighted by Gasteiger charge is -2.13. The summed E-state index contributed by atoms with van der Waals surface area (Å²) >= 11 is 1.47. The number of carbonyl (C=O) groups is 1. The van der Waals surface area contributed by atoms with Gasteiger partial charge >= 0.3 is 6.18 Å². The lowest BCUT2D eigenvalue weighted by Crippen LogP contribution is -2.31. The van der Waals surface area contributed by atoms with Gasteiger partial charge in [-0.2, -0.15) is 18.3 Å². The van der Waals surface area contributed by atoms with E-state index in [-0.39, 0.29) is 17.9 Å². The largest absolute Gasteiger partial charge is 0.416 e. The number of rotatable bonds is 4. The van der Waals surface area contributed by atoms with E-state index in [1.54, 1.807) is 0 Å². The summed E-state index contributed by atoms with van der Waals surface area (Å²) in [6.07, 6.45) is -4.51. The smallest absolute Gasteiger partial charge is 0.346 e. The first-order chi connectivity index (χ1) is 13.2. The molecule has 9 heteroatoms. The molecule has 0 aliphatic rings. The molecule has 1 N–H and O–H groups in total. The fourth-order valence-electron chi connectivity index (χ4n) is 2.61. The van der Waals surface area contributed by atoms with Gasteiger partial charge in [0.05, 0.1) is 17.8 Å². The summed E-state index contributed by atoms with van der Waals surface area (Å²) in [6, 6.07) is 7.63. The summed E-state index contributed by atoms with van der Waals surface area (Å²) in [6.45, 7) is 3.68. The molecule has 2 aromatic heterocycles. The third kappa shape index (κ3) is 4.14. The number of alkyl halides is 3. The van der Waals surface area contributed by atoms with Crippen molar-refractivity contribution in [1.82, 2.24) is 15.1 Å². The van der Waals surface area contributed by atoms with Gasteiger partial charge in [0.15, 0.2) is 5.69 Å². The molecule has 28 heavy (non-hydrogen) atoms. The topological polar surface area (TPSA) is 64.0 Å². The predicted octanol–water partition coefficient (Wildman–Crippen LogP) is 3.86. The zero-order valence-corrected chi connectivity index (χ0v) is 15.8. The van der Waals surface area contributed by atoms with E-state index < -0.39 is 23.1 Å². The highest BCUT2D eigenvalue weighted by molar-refractivity contribution is 7.10. The number of nitrogens with zero attached hydrogens (tertiary/aromatic N) is 2. The minimum absolute atomic E-state index is 0.107. The SMILES string of the molecule is Cc1ccsc1CNC(=O)c1nn(-c2cccc(C(F)(F)F)c2)c(C)cc1=O. The molecule has 0 saturated carbocycles. The van der Waals surface area contributed by atoms with Gasteiger partial charge in [-0.15, -0.1) is 11.3 Å². The van der Waals surface area contributed by atoms with Crippen molar-refractivity contribution in [2.75, 3.05) is 0 Å². The van der Waals surface area contributed by atoms with Crippen LogP contribution in [0.2, 0.25) is 0 Å². The summed E-state index contributed by atoms with van der Waals surface area (Å²) < 4.78 is 40.1. The van der Waals surface area contributed by atoms with Gasteiger partial charge in [0.1, 0.15) is 0 Å². The maximum Gasteiger partial charge on any atom is 0.416 e. The van der Waals surface area contributed by atoms with Gasteiger partial charge in [-0.1, -0.05) is 6.07 Å². The first kappa shape index (κ1) is 19.8. The van der Waals surface area contributed by atoms with Crippen LogP contribution in [-0.2, 0) is 12.7 Å². The Balaban J connectivity index is 1.94. The number of amides is 1. The van der Waals surface area contributed by atoms with E-state index in [0.717, 1.165) is 27.3 Å². The number of hydrogen-bond acceptors (Lipinski definition) is 4. The van der Waals surface area contributed by atoms with Gasteiger partial charge in [0, 0.05) is 16.6 Å². The van der Waals surface area contributed by atoms with E-state index in [2.05, 4.69) is 10.4 Å². The lowest BCUT2D eigenvalue weighted by atomic mass is 10.2. The van der Waals surface area contributed by atoms with Crippen LogP contribution < -0.4 is 10.7 Å². The van der Waals surface area contributed by atoms with Crippen LogP contribution in [0.1, 0.15) is 32.2 Å². The van der Waals surface area contributed by atoms with Crippen molar-refractivity contribution in [3.8, 4) is 5.69 Å². The summed E-state index contributed by atoms with van der Waals surface area (Å²) in [7, 11) is 0. The van der Waals surface area contributed by atoms with Gasteiger partial charge in [-0.25, -0.2) is 4.68 Å². The highest BCUT2D eigenvalue weighted by Crippen LogP contribution is 2.30. The van der Waals surface area contributed by atoms with E-state index >= 15 is 0 Å². The average molecular weight is 407 g/mol. The molecule has 1 aromatic carbocycles. The Morgan fingerprint density at radius 2 is 1.96 bits per heavy atom. The molecule has 3 aromatic rings. The highest BCUT2D eigenvalue weighted by Gasteiger charge is 2.30. The van der Waals surface area contributed by atoms with E-state index in [0.29, 0.717) is 5.69 Å². The van der Waals surface area contributed by atoms with Crippen LogP contribution in [0.3, 0.4) is 0 Å². The molecule has 2 heterocycles. The fourth-order valence-corrected chi connectivity index (χ4v) is 3.46. The monoisotopic (exact) mass is 407 g/mol. The highest BCUT2D eigenvalue weighted by atomic mass is 32.1. The summed E-state index contributed by atoms with van der Waals surface area (Å²) in [5.41, 5.74) is -0.378. The Hall–Kier alpha value is -2.94. The minimum Gasteiger partial charge on any atom is -0.346 e. The third-order valence-electron chi connectivity index (χ3n) is 4.12. The van der Waals surface area contributed by atoms with Crippen LogP contribution >= 0.6 is 11.3 Å². The lowest BCUT2D eigenvalue weighted by molar-refractivity contribution is -0.137. The molecule has 0 spiro atoms. The Morgan fingerprint density at radius 3 is 2.61 bits per heavy atom. The molecule has 146 valence electrons. The second kappa shape index (κ2) is 7.59. The molecule has 0 atom stereocenters. The van der Waals surface area contributed by atoms with Crippen LogP contribution in [0.25, 0.3) is 5.69 Å². The van der Waals surface area contributed by atoms with Crippen molar-refractivity contribution in [3.05, 3.63) is 79.4 Å². The molecule has 0 bridgehead atoms. The molecule has 3 rings (SSSR count). The maximum atomic E-state index is 13.0. The number of carbonyl (C=O) groups excluding carboxylic acids is 1. The zero-order chi connectivity index (χ0) is 20.5. The average Bonchev–Trinajstić information content (AvgIpc) is 3.04. The Labute approximate surface area is 162 Å². The Morgan fingerprint density at radius 1 is 1.21 bits per heavy atom. The summed E-state index contributed by atoms with van der Waals surface area (Å²) in [5.74, 6) is -0.682. The maximum absolute atomic E-state index is 13.0. The molecule has 0 fully saturated rings. The number of aryl methyl sites for hydroxylation is 2. The zero-order valence-electron chi connectivity index (χ0n) is 15.0. The van der Waals surface area contributed by atoms with Crippen molar-refractivity contribution in [1.29, 1.82) is 0 Å². The fraction of sp³-hybridized carbons (Fsp3) is 0.211. The molecule has 0 aliphatic heterocycles. The van der Waals surface area contributed by atoms with Crippen molar-refractivity contribution in [3.63, 3.8) is 0 Å². The minimum atomic E-state index is -4.51. The number of aromatic nitrogens is 2. The molecule has 0 unspecified atom stereocenters. The van der Waals surface area contributed by atoms with Crippen LogP contribution in [-0.4, -0.2) is 15.7 Å². The second-order valence-electron chi connectivity index (χ2n) is 6.17. The van der Waals surface area contributed by atoms with Gasteiger partial charge in [0.2, 0.25) is 5.43 Å². The molecule has 1 amide bonds. The molecule has 0 aliphatic carbocycles. The first-order valence-corrected chi connectivity index (χ1v) is 9.14. The van der Waals surface area contributed by atoms with Crippen molar-refractivity contribution < 1.29 is 18.0 Å². The van der Waals surface area contributed by atoms with E-state index in [9.17, 15) is 22.8 Å². The van der Waals surface area contributed by atoms with E-state index in [4.69, 9.17) is 0 Å². The second-order valence-corrected chi connectivity index (χ2v) is 7.17. The molecule has 5 nitrogen and oxygen atoms in total. The van der Waals surface area contributed by atoms with Crippen LogP contribution in [0, 0.1) is 13.8 Å². The van der Waals surface area contributed by atoms with Gasteiger partial charge in [-0.3, -0.25) is 9.59 Å². The Kier molecular flexibility index (Phi) is 5.37. The van der Waals surface area contributed by atoms with E-state index in [1.807, 2.05) is 18.4 Å². The normalized spacial score (nSPS) is 11.5. The summed E-state index contributed by atoms with van der Waals surface area (Å²) in [4.78, 5) is 25.6. The number of hydrogen-bond donors (Lipinski definition) is 1.